The van der Waals surface area contributed by atoms with Crippen molar-refractivity contribution in [3.63, 3.8) is 0 Å². The van der Waals surface area contributed by atoms with Crippen LogP contribution in [0.3, 0.4) is 0 Å². The third-order valence-corrected chi connectivity index (χ3v) is 3.90. The van der Waals surface area contributed by atoms with Crippen molar-refractivity contribution < 1.29 is 13.9 Å². The van der Waals surface area contributed by atoms with Crippen molar-refractivity contribution >= 4 is 17.5 Å². The molecule has 0 aliphatic rings. The van der Waals surface area contributed by atoms with Gasteiger partial charge in [-0.15, -0.1) is 0 Å². The van der Waals surface area contributed by atoms with Crippen molar-refractivity contribution in [2.45, 2.75) is 25.2 Å². The Kier molecular flexibility index (Phi) is 7.17. The van der Waals surface area contributed by atoms with E-state index in [9.17, 15) is 4.79 Å². The van der Waals surface area contributed by atoms with Gasteiger partial charge in [-0.1, -0.05) is 23.7 Å². The first-order valence-corrected chi connectivity index (χ1v) is 8.13. The second-order valence-corrected chi connectivity index (χ2v) is 5.81. The standard InChI is InChI=1S/C18H22ClNO3/c1-22-11-3-2-10-20-18(21)17(13-16-5-4-12-23-16)14-6-8-15(19)9-7-14/h4-9,12,17H,2-3,10-11,13H2,1H3,(H,20,21). The van der Waals surface area contributed by atoms with Gasteiger partial charge in [-0.2, -0.15) is 0 Å². The number of carbonyl (C=O) groups is 1. The molecule has 0 bridgehead atoms. The van der Waals surface area contributed by atoms with Crippen molar-refractivity contribution in [2.24, 2.45) is 0 Å². The van der Waals surface area contributed by atoms with Crippen LogP contribution in [0, 0.1) is 0 Å². The Morgan fingerprint density at radius 1 is 1.26 bits per heavy atom. The van der Waals surface area contributed by atoms with Gasteiger partial charge in [0.1, 0.15) is 5.76 Å². The quantitative estimate of drug-likeness (QED) is 0.709. The molecule has 2 aromatic rings. The van der Waals surface area contributed by atoms with Gasteiger partial charge in [0, 0.05) is 31.7 Å². The average Bonchev–Trinajstić information content (AvgIpc) is 3.06. The summed E-state index contributed by atoms with van der Waals surface area (Å²) in [6, 6.07) is 11.1. The SMILES string of the molecule is COCCCCNC(=O)C(Cc1ccco1)c1ccc(Cl)cc1. The van der Waals surface area contributed by atoms with E-state index in [2.05, 4.69) is 5.32 Å². The Hall–Kier alpha value is -1.78. The molecule has 1 aromatic heterocycles. The zero-order valence-electron chi connectivity index (χ0n) is 13.3. The Morgan fingerprint density at radius 3 is 2.70 bits per heavy atom. The number of furan rings is 1. The fourth-order valence-corrected chi connectivity index (χ4v) is 2.52. The predicted molar refractivity (Wildman–Crippen MR) is 90.7 cm³/mol. The molecule has 1 amide bonds. The Morgan fingerprint density at radius 2 is 2.04 bits per heavy atom. The van der Waals surface area contributed by atoms with E-state index in [1.165, 1.54) is 0 Å². The third kappa shape index (κ3) is 5.73. The number of unbranched alkanes of at least 4 members (excludes halogenated alkanes) is 1. The second kappa shape index (κ2) is 9.38. The molecule has 1 aromatic carbocycles. The van der Waals surface area contributed by atoms with E-state index in [4.69, 9.17) is 20.8 Å². The molecular formula is C18H22ClNO3. The Labute approximate surface area is 141 Å². The van der Waals surface area contributed by atoms with Crippen LogP contribution in [0.4, 0.5) is 0 Å². The molecule has 0 aliphatic heterocycles. The molecule has 0 aliphatic carbocycles. The van der Waals surface area contributed by atoms with E-state index in [-0.39, 0.29) is 11.8 Å². The van der Waals surface area contributed by atoms with Crippen LogP contribution in [-0.4, -0.2) is 26.2 Å². The zero-order valence-corrected chi connectivity index (χ0v) is 14.0. The minimum atomic E-state index is -0.291. The van der Waals surface area contributed by atoms with Crippen LogP contribution in [0.25, 0.3) is 0 Å². The first-order chi connectivity index (χ1) is 11.2. The van der Waals surface area contributed by atoms with Crippen LogP contribution in [0.1, 0.15) is 30.1 Å². The smallest absolute Gasteiger partial charge is 0.228 e. The largest absolute Gasteiger partial charge is 0.469 e. The van der Waals surface area contributed by atoms with E-state index in [1.54, 1.807) is 25.5 Å². The lowest BCUT2D eigenvalue weighted by Gasteiger charge is -2.16. The van der Waals surface area contributed by atoms with Crippen LogP contribution in [0.2, 0.25) is 5.02 Å². The van der Waals surface area contributed by atoms with Gasteiger partial charge < -0.3 is 14.5 Å². The van der Waals surface area contributed by atoms with Crippen molar-refractivity contribution in [1.29, 1.82) is 0 Å². The van der Waals surface area contributed by atoms with Gasteiger partial charge in [-0.3, -0.25) is 4.79 Å². The first-order valence-electron chi connectivity index (χ1n) is 7.75. The van der Waals surface area contributed by atoms with Gasteiger partial charge in [0.2, 0.25) is 5.91 Å². The van der Waals surface area contributed by atoms with Crippen LogP contribution in [0.15, 0.2) is 47.1 Å². The number of hydrogen-bond acceptors (Lipinski definition) is 3. The normalized spacial score (nSPS) is 12.1. The second-order valence-electron chi connectivity index (χ2n) is 5.38. The minimum absolute atomic E-state index is 0.00105. The lowest BCUT2D eigenvalue weighted by Crippen LogP contribution is -2.31. The van der Waals surface area contributed by atoms with Crippen LogP contribution >= 0.6 is 11.6 Å². The number of hydrogen-bond donors (Lipinski definition) is 1. The number of rotatable bonds is 9. The lowest BCUT2D eigenvalue weighted by molar-refractivity contribution is -0.122. The van der Waals surface area contributed by atoms with Crippen molar-refractivity contribution in [2.75, 3.05) is 20.3 Å². The zero-order chi connectivity index (χ0) is 16.5. The topological polar surface area (TPSA) is 51.5 Å². The molecule has 0 saturated carbocycles. The summed E-state index contributed by atoms with van der Waals surface area (Å²) < 4.78 is 10.4. The summed E-state index contributed by atoms with van der Waals surface area (Å²) in [5, 5.41) is 3.66. The fraction of sp³-hybridized carbons (Fsp3) is 0.389. The number of carbonyl (C=O) groups excluding carboxylic acids is 1. The molecule has 1 N–H and O–H groups in total. The lowest BCUT2D eigenvalue weighted by atomic mass is 9.93. The van der Waals surface area contributed by atoms with Crippen LogP contribution in [0.5, 0.6) is 0 Å². The highest BCUT2D eigenvalue weighted by atomic mass is 35.5. The number of methoxy groups -OCH3 is 1. The maximum absolute atomic E-state index is 12.6. The van der Waals surface area contributed by atoms with Gasteiger partial charge in [0.25, 0.3) is 0 Å². The summed E-state index contributed by atoms with van der Waals surface area (Å²) >= 11 is 5.94. The molecule has 5 heteroatoms. The molecular weight excluding hydrogens is 314 g/mol. The molecule has 124 valence electrons. The van der Waals surface area contributed by atoms with E-state index in [0.717, 1.165) is 24.2 Å². The van der Waals surface area contributed by atoms with Crippen molar-refractivity contribution in [3.05, 3.63) is 59.0 Å². The minimum Gasteiger partial charge on any atom is -0.469 e. The summed E-state index contributed by atoms with van der Waals surface area (Å²) in [6.45, 7) is 1.35. The molecule has 0 spiro atoms. The van der Waals surface area contributed by atoms with Gasteiger partial charge >= 0.3 is 0 Å². The molecule has 1 heterocycles. The van der Waals surface area contributed by atoms with E-state index in [0.29, 0.717) is 24.6 Å². The van der Waals surface area contributed by atoms with Crippen LogP contribution < -0.4 is 5.32 Å². The number of benzene rings is 1. The molecule has 0 radical (unpaired) electrons. The highest BCUT2D eigenvalue weighted by Crippen LogP contribution is 2.23. The monoisotopic (exact) mass is 335 g/mol. The molecule has 23 heavy (non-hydrogen) atoms. The van der Waals surface area contributed by atoms with Gasteiger partial charge in [-0.05, 0) is 42.7 Å². The average molecular weight is 336 g/mol. The van der Waals surface area contributed by atoms with Gasteiger partial charge in [0.15, 0.2) is 0 Å². The van der Waals surface area contributed by atoms with Crippen molar-refractivity contribution in [3.8, 4) is 0 Å². The summed E-state index contributed by atoms with van der Waals surface area (Å²) in [7, 11) is 1.68. The molecule has 0 fully saturated rings. The van der Waals surface area contributed by atoms with Crippen molar-refractivity contribution in [1.82, 2.24) is 5.32 Å². The number of ether oxygens (including phenoxy) is 1. The maximum atomic E-state index is 12.6. The van der Waals surface area contributed by atoms with E-state index >= 15 is 0 Å². The highest BCUT2D eigenvalue weighted by Gasteiger charge is 2.22. The van der Waals surface area contributed by atoms with E-state index in [1.807, 2.05) is 24.3 Å². The number of nitrogens with one attached hydrogen (secondary N) is 1. The summed E-state index contributed by atoms with van der Waals surface area (Å²) in [4.78, 5) is 12.6. The Balaban J connectivity index is 2.00. The summed E-state index contributed by atoms with van der Waals surface area (Å²) in [5.74, 6) is 0.501. The highest BCUT2D eigenvalue weighted by molar-refractivity contribution is 6.30. The van der Waals surface area contributed by atoms with Gasteiger partial charge in [-0.25, -0.2) is 0 Å². The summed E-state index contributed by atoms with van der Waals surface area (Å²) in [5.41, 5.74) is 0.931. The molecule has 1 atom stereocenters. The number of halogens is 1. The fourth-order valence-electron chi connectivity index (χ4n) is 2.39. The Bertz CT molecular complexity index is 581. The van der Waals surface area contributed by atoms with Crippen LogP contribution in [-0.2, 0) is 16.0 Å². The molecule has 2 rings (SSSR count). The first kappa shape index (κ1) is 17.6. The van der Waals surface area contributed by atoms with E-state index < -0.39 is 0 Å². The third-order valence-electron chi connectivity index (χ3n) is 3.65. The molecule has 4 nitrogen and oxygen atoms in total. The summed E-state index contributed by atoms with van der Waals surface area (Å²) in [6.07, 6.45) is 3.98. The number of amides is 1. The van der Waals surface area contributed by atoms with Gasteiger partial charge in [0.05, 0.1) is 12.2 Å². The molecule has 1 unspecified atom stereocenters. The maximum Gasteiger partial charge on any atom is 0.228 e. The molecule has 0 saturated heterocycles. The predicted octanol–water partition coefficient (Wildman–Crippen LogP) is 3.80.